The number of aromatic nitrogens is 1. The Labute approximate surface area is 115 Å². The molecule has 1 heterocycles. The Bertz CT molecular complexity index is 383. The molecule has 0 aromatic carbocycles. The topological polar surface area (TPSA) is 57.6 Å². The number of pyridine rings is 1. The van der Waals surface area contributed by atoms with E-state index in [2.05, 4.69) is 10.3 Å². The average molecular weight is 267 g/mol. The van der Waals surface area contributed by atoms with Gasteiger partial charge in [-0.3, -0.25) is 0 Å². The number of aliphatic hydroxyl groups is 1. The van der Waals surface area contributed by atoms with Gasteiger partial charge in [0.25, 0.3) is 0 Å². The van der Waals surface area contributed by atoms with Crippen molar-refractivity contribution in [1.29, 1.82) is 0 Å². The molecule has 0 fully saturated rings. The Hall–Kier alpha value is -1.17. The lowest BCUT2D eigenvalue weighted by molar-refractivity contribution is 0.199. The molecule has 0 radical (unpaired) electrons. The molecule has 0 aliphatic carbocycles. The number of anilines is 1. The number of ether oxygens (including phenoxy) is 1. The summed E-state index contributed by atoms with van der Waals surface area (Å²) in [6.45, 7) is 6.29. The molecular weight excluding hydrogens is 242 g/mol. The van der Waals surface area contributed by atoms with Gasteiger partial charge in [-0.05, 0) is 19.9 Å². The van der Waals surface area contributed by atoms with Crippen molar-refractivity contribution in [2.45, 2.75) is 25.9 Å². The molecule has 0 amide bonds. The minimum atomic E-state index is -0.338. The highest BCUT2D eigenvalue weighted by Crippen LogP contribution is 2.23. The third kappa shape index (κ3) is 4.45. The van der Waals surface area contributed by atoms with Crippen LogP contribution in [0.15, 0.2) is 18.3 Å². The van der Waals surface area contributed by atoms with Gasteiger partial charge >= 0.3 is 0 Å². The minimum Gasteiger partial charge on any atom is -0.394 e. The smallest absolute Gasteiger partial charge is 0.133 e. The molecule has 0 bridgehead atoms. The number of rotatable bonds is 8. The molecule has 0 spiro atoms. The average Bonchev–Trinajstić information content (AvgIpc) is 2.43. The third-order valence-electron chi connectivity index (χ3n) is 3.28. The number of hydrogen-bond donors (Lipinski definition) is 2. The second-order valence-corrected chi connectivity index (χ2v) is 5.19. The maximum atomic E-state index is 9.46. The van der Waals surface area contributed by atoms with Crippen LogP contribution in [0, 0.1) is 0 Å². The fraction of sp³-hybridized carbons (Fsp3) is 0.643. The first-order valence-electron chi connectivity index (χ1n) is 6.51. The molecule has 0 saturated heterocycles. The molecule has 5 heteroatoms. The monoisotopic (exact) mass is 267 g/mol. The van der Waals surface area contributed by atoms with Gasteiger partial charge < -0.3 is 20.1 Å². The van der Waals surface area contributed by atoms with Crippen molar-refractivity contribution in [3.63, 3.8) is 0 Å². The maximum Gasteiger partial charge on any atom is 0.133 e. The van der Waals surface area contributed by atoms with Crippen molar-refractivity contribution < 1.29 is 9.84 Å². The van der Waals surface area contributed by atoms with Crippen LogP contribution in [-0.2, 0) is 11.3 Å². The second-order valence-electron chi connectivity index (χ2n) is 5.19. The van der Waals surface area contributed by atoms with E-state index in [0.29, 0.717) is 6.61 Å². The Kier molecular flexibility index (Phi) is 6.21. The SMILES string of the molecule is COCCNCc1cccnc1N(C)C(C)(C)CO. The minimum absolute atomic E-state index is 0.0800. The maximum absolute atomic E-state index is 9.46. The van der Waals surface area contributed by atoms with Crippen LogP contribution in [0.4, 0.5) is 5.82 Å². The second kappa shape index (κ2) is 7.43. The van der Waals surface area contributed by atoms with Crippen molar-refractivity contribution in [3.05, 3.63) is 23.9 Å². The van der Waals surface area contributed by atoms with E-state index in [0.717, 1.165) is 24.5 Å². The molecule has 1 rings (SSSR count). The number of methoxy groups -OCH3 is 1. The summed E-state index contributed by atoms with van der Waals surface area (Å²) in [5.41, 5.74) is 0.776. The largest absolute Gasteiger partial charge is 0.394 e. The molecule has 19 heavy (non-hydrogen) atoms. The molecule has 1 aromatic heterocycles. The van der Waals surface area contributed by atoms with Gasteiger partial charge in [0.2, 0.25) is 0 Å². The standard InChI is InChI=1S/C14H25N3O2/c1-14(2,11-18)17(3)13-12(6-5-7-16-13)10-15-8-9-19-4/h5-7,15,18H,8-11H2,1-4H3. The Balaban J connectivity index is 2.78. The number of likely N-dealkylation sites (N-methyl/N-ethyl adjacent to an activating group) is 1. The van der Waals surface area contributed by atoms with Crippen LogP contribution in [0.5, 0.6) is 0 Å². The van der Waals surface area contributed by atoms with E-state index < -0.39 is 0 Å². The summed E-state index contributed by atoms with van der Waals surface area (Å²) in [6, 6.07) is 3.97. The highest BCUT2D eigenvalue weighted by molar-refractivity contribution is 5.48. The van der Waals surface area contributed by atoms with Gasteiger partial charge in [0.1, 0.15) is 5.82 Å². The Morgan fingerprint density at radius 2 is 2.21 bits per heavy atom. The highest BCUT2D eigenvalue weighted by Gasteiger charge is 2.25. The van der Waals surface area contributed by atoms with Crippen LogP contribution >= 0.6 is 0 Å². The van der Waals surface area contributed by atoms with Gasteiger partial charge in [-0.2, -0.15) is 0 Å². The molecule has 2 N–H and O–H groups in total. The van der Waals surface area contributed by atoms with Crippen molar-refractivity contribution in [3.8, 4) is 0 Å². The summed E-state index contributed by atoms with van der Waals surface area (Å²) in [7, 11) is 3.64. The van der Waals surface area contributed by atoms with Crippen LogP contribution in [0.3, 0.4) is 0 Å². The van der Waals surface area contributed by atoms with Crippen molar-refractivity contribution >= 4 is 5.82 Å². The van der Waals surface area contributed by atoms with Crippen molar-refractivity contribution in [2.24, 2.45) is 0 Å². The van der Waals surface area contributed by atoms with Crippen LogP contribution in [-0.4, -0.2) is 49.5 Å². The summed E-state index contributed by atoms with van der Waals surface area (Å²) >= 11 is 0. The van der Waals surface area contributed by atoms with Crippen molar-refractivity contribution in [1.82, 2.24) is 10.3 Å². The van der Waals surface area contributed by atoms with E-state index in [1.165, 1.54) is 0 Å². The van der Waals surface area contributed by atoms with Gasteiger partial charge in [-0.25, -0.2) is 4.98 Å². The van der Waals surface area contributed by atoms with Crippen LogP contribution in [0.2, 0.25) is 0 Å². The first-order valence-corrected chi connectivity index (χ1v) is 6.51. The molecule has 0 aliphatic heterocycles. The van der Waals surface area contributed by atoms with E-state index in [4.69, 9.17) is 4.74 Å². The molecule has 0 saturated carbocycles. The molecule has 0 unspecified atom stereocenters. The highest BCUT2D eigenvalue weighted by atomic mass is 16.5. The fourth-order valence-corrected chi connectivity index (χ4v) is 1.66. The first-order chi connectivity index (χ1) is 9.03. The summed E-state index contributed by atoms with van der Waals surface area (Å²) in [5, 5.41) is 12.8. The van der Waals surface area contributed by atoms with Gasteiger partial charge in [-0.1, -0.05) is 6.07 Å². The zero-order valence-electron chi connectivity index (χ0n) is 12.3. The summed E-state index contributed by atoms with van der Waals surface area (Å²) < 4.78 is 5.01. The predicted molar refractivity (Wildman–Crippen MR) is 77.4 cm³/mol. The molecular formula is C14H25N3O2. The van der Waals surface area contributed by atoms with E-state index in [9.17, 15) is 5.11 Å². The van der Waals surface area contributed by atoms with Gasteiger partial charge in [0, 0.05) is 39.0 Å². The van der Waals surface area contributed by atoms with E-state index in [1.807, 2.05) is 37.9 Å². The summed E-state index contributed by atoms with van der Waals surface area (Å²) in [5.74, 6) is 0.895. The molecule has 1 aromatic rings. The lowest BCUT2D eigenvalue weighted by atomic mass is 10.0. The quantitative estimate of drug-likeness (QED) is 0.689. The predicted octanol–water partition coefficient (Wildman–Crippen LogP) is 1.02. The van der Waals surface area contributed by atoms with Crippen LogP contribution in [0.1, 0.15) is 19.4 Å². The van der Waals surface area contributed by atoms with Crippen molar-refractivity contribution in [2.75, 3.05) is 38.8 Å². The Morgan fingerprint density at radius 1 is 1.47 bits per heavy atom. The van der Waals surface area contributed by atoms with Gasteiger partial charge in [0.15, 0.2) is 0 Å². The van der Waals surface area contributed by atoms with E-state index in [-0.39, 0.29) is 12.1 Å². The number of nitrogens with one attached hydrogen (secondary N) is 1. The zero-order chi connectivity index (χ0) is 14.3. The summed E-state index contributed by atoms with van der Waals surface area (Å²) in [4.78, 5) is 6.45. The van der Waals surface area contributed by atoms with Crippen LogP contribution < -0.4 is 10.2 Å². The number of hydrogen-bond acceptors (Lipinski definition) is 5. The number of nitrogens with zero attached hydrogens (tertiary/aromatic N) is 2. The first kappa shape index (κ1) is 15.9. The molecule has 5 nitrogen and oxygen atoms in total. The molecule has 0 atom stereocenters. The number of aliphatic hydroxyl groups excluding tert-OH is 1. The zero-order valence-corrected chi connectivity index (χ0v) is 12.3. The van der Waals surface area contributed by atoms with Gasteiger partial charge in [0.05, 0.1) is 18.8 Å². The summed E-state index contributed by atoms with van der Waals surface area (Å²) in [6.07, 6.45) is 1.78. The Morgan fingerprint density at radius 3 is 2.84 bits per heavy atom. The molecule has 108 valence electrons. The lowest BCUT2D eigenvalue weighted by Gasteiger charge is -2.36. The fourth-order valence-electron chi connectivity index (χ4n) is 1.66. The third-order valence-corrected chi connectivity index (χ3v) is 3.28. The normalized spacial score (nSPS) is 11.6. The van der Waals surface area contributed by atoms with E-state index in [1.54, 1.807) is 13.3 Å². The van der Waals surface area contributed by atoms with Crippen LogP contribution in [0.25, 0.3) is 0 Å². The van der Waals surface area contributed by atoms with Gasteiger partial charge in [-0.15, -0.1) is 0 Å². The van der Waals surface area contributed by atoms with E-state index >= 15 is 0 Å². The molecule has 0 aliphatic rings. The lowest BCUT2D eigenvalue weighted by Crippen LogP contribution is -2.45.